The highest BCUT2D eigenvalue weighted by Gasteiger charge is 2.23. The molecule has 1 amide bonds. The second-order valence-electron chi connectivity index (χ2n) is 9.09. The predicted molar refractivity (Wildman–Crippen MR) is 138 cm³/mol. The molecule has 0 bridgehead atoms. The molecule has 0 spiro atoms. The Hall–Kier alpha value is -4.07. The van der Waals surface area contributed by atoms with Crippen molar-refractivity contribution in [1.29, 1.82) is 0 Å². The predicted octanol–water partition coefficient (Wildman–Crippen LogP) is 5.01. The number of aryl methyl sites for hydroxylation is 1. The van der Waals surface area contributed by atoms with E-state index in [0.717, 1.165) is 42.9 Å². The van der Waals surface area contributed by atoms with E-state index in [1.807, 2.05) is 41.8 Å². The van der Waals surface area contributed by atoms with Crippen LogP contribution in [0.3, 0.4) is 0 Å². The average molecular weight is 485 g/mol. The highest BCUT2D eigenvalue weighted by atomic mass is 19.1. The molecule has 1 fully saturated rings. The van der Waals surface area contributed by atoms with E-state index in [1.54, 1.807) is 35.6 Å². The number of aromatic nitrogens is 4. The van der Waals surface area contributed by atoms with Gasteiger partial charge in [0.15, 0.2) is 0 Å². The molecule has 1 aliphatic rings. The van der Waals surface area contributed by atoms with Gasteiger partial charge in [0, 0.05) is 49.5 Å². The molecule has 1 aliphatic heterocycles. The van der Waals surface area contributed by atoms with Gasteiger partial charge < -0.3 is 14.4 Å². The third kappa shape index (κ3) is 5.43. The average Bonchev–Trinajstić information content (AvgIpc) is 3.29. The van der Waals surface area contributed by atoms with Gasteiger partial charge in [-0.2, -0.15) is 0 Å². The summed E-state index contributed by atoms with van der Waals surface area (Å²) in [7, 11) is 0. The number of halogens is 1. The summed E-state index contributed by atoms with van der Waals surface area (Å²) in [6, 6.07) is 15.9. The first-order valence-electron chi connectivity index (χ1n) is 12.3. The van der Waals surface area contributed by atoms with Gasteiger partial charge in [-0.25, -0.2) is 19.3 Å². The Balaban J connectivity index is 1.39. The molecule has 2 aromatic heterocycles. The van der Waals surface area contributed by atoms with Crippen LogP contribution in [0.1, 0.15) is 46.7 Å². The SMILES string of the molecule is Cc1nc(C(=O)N(Cc2cnc(N3CCCCC3)nc2)c2ccc(F)cc2)cn1Cc1ccccc1. The molecule has 4 aromatic rings. The fraction of sp³-hybridized carbons (Fsp3) is 0.286. The van der Waals surface area contributed by atoms with Crippen LogP contribution < -0.4 is 9.80 Å². The lowest BCUT2D eigenvalue weighted by atomic mass is 10.1. The summed E-state index contributed by atoms with van der Waals surface area (Å²) >= 11 is 0. The van der Waals surface area contributed by atoms with Crippen LogP contribution in [-0.4, -0.2) is 38.5 Å². The van der Waals surface area contributed by atoms with E-state index in [1.165, 1.54) is 18.6 Å². The lowest BCUT2D eigenvalue weighted by Crippen LogP contribution is -2.32. The summed E-state index contributed by atoms with van der Waals surface area (Å²) in [5.74, 6) is 0.837. The van der Waals surface area contributed by atoms with Gasteiger partial charge in [-0.1, -0.05) is 30.3 Å². The van der Waals surface area contributed by atoms with Crippen LogP contribution in [0.5, 0.6) is 0 Å². The Morgan fingerprint density at radius 2 is 1.64 bits per heavy atom. The van der Waals surface area contributed by atoms with Crippen LogP contribution in [0.25, 0.3) is 0 Å². The molecular formula is C28H29FN6O. The molecule has 7 nitrogen and oxygen atoms in total. The Bertz CT molecular complexity index is 1300. The van der Waals surface area contributed by atoms with E-state index in [2.05, 4.69) is 19.9 Å². The number of carbonyl (C=O) groups is 1. The van der Waals surface area contributed by atoms with Gasteiger partial charge in [-0.15, -0.1) is 0 Å². The van der Waals surface area contributed by atoms with Crippen molar-refractivity contribution in [3.8, 4) is 0 Å². The van der Waals surface area contributed by atoms with E-state index in [-0.39, 0.29) is 18.3 Å². The second kappa shape index (κ2) is 10.7. The summed E-state index contributed by atoms with van der Waals surface area (Å²) in [6.07, 6.45) is 8.84. The Kier molecular flexibility index (Phi) is 7.02. The minimum atomic E-state index is -0.358. The first-order valence-corrected chi connectivity index (χ1v) is 12.3. The molecule has 0 N–H and O–H groups in total. The number of benzene rings is 2. The molecule has 0 unspecified atom stereocenters. The van der Waals surface area contributed by atoms with Crippen molar-refractivity contribution in [3.63, 3.8) is 0 Å². The van der Waals surface area contributed by atoms with Crippen LogP contribution in [0.4, 0.5) is 16.0 Å². The summed E-state index contributed by atoms with van der Waals surface area (Å²) in [4.78, 5) is 31.1. The molecule has 36 heavy (non-hydrogen) atoms. The zero-order valence-corrected chi connectivity index (χ0v) is 20.3. The number of imidazole rings is 1. The van der Waals surface area contributed by atoms with Gasteiger partial charge in [0.25, 0.3) is 5.91 Å². The molecule has 5 rings (SSSR count). The minimum absolute atomic E-state index is 0.245. The molecule has 0 atom stereocenters. The Labute approximate surface area is 210 Å². The lowest BCUT2D eigenvalue weighted by Gasteiger charge is -2.27. The highest BCUT2D eigenvalue weighted by Crippen LogP contribution is 2.22. The van der Waals surface area contributed by atoms with Crippen LogP contribution in [0.2, 0.25) is 0 Å². The summed E-state index contributed by atoms with van der Waals surface area (Å²) < 4.78 is 15.6. The zero-order valence-electron chi connectivity index (χ0n) is 20.3. The molecule has 0 radical (unpaired) electrons. The lowest BCUT2D eigenvalue weighted by molar-refractivity contribution is 0.0980. The topological polar surface area (TPSA) is 67.2 Å². The van der Waals surface area contributed by atoms with Gasteiger partial charge in [-0.3, -0.25) is 4.79 Å². The zero-order chi connectivity index (χ0) is 24.9. The number of hydrogen-bond donors (Lipinski definition) is 0. The van der Waals surface area contributed by atoms with Gasteiger partial charge >= 0.3 is 0 Å². The number of amides is 1. The third-order valence-electron chi connectivity index (χ3n) is 6.45. The number of nitrogens with zero attached hydrogens (tertiary/aromatic N) is 6. The molecule has 3 heterocycles. The van der Waals surface area contributed by atoms with Crippen molar-refractivity contribution in [2.45, 2.75) is 39.3 Å². The first kappa shape index (κ1) is 23.7. The van der Waals surface area contributed by atoms with E-state index in [0.29, 0.717) is 23.9 Å². The Morgan fingerprint density at radius 3 is 2.33 bits per heavy atom. The summed E-state index contributed by atoms with van der Waals surface area (Å²) in [6.45, 7) is 4.68. The van der Waals surface area contributed by atoms with Crippen molar-refractivity contribution in [2.24, 2.45) is 0 Å². The van der Waals surface area contributed by atoms with Gasteiger partial charge in [0.05, 0.1) is 6.54 Å². The fourth-order valence-electron chi connectivity index (χ4n) is 4.46. The van der Waals surface area contributed by atoms with Crippen molar-refractivity contribution >= 4 is 17.5 Å². The molecule has 0 saturated carbocycles. The van der Waals surface area contributed by atoms with Crippen molar-refractivity contribution in [3.05, 3.63) is 102 Å². The van der Waals surface area contributed by atoms with Crippen molar-refractivity contribution in [2.75, 3.05) is 22.9 Å². The maximum atomic E-state index is 13.7. The maximum absolute atomic E-state index is 13.7. The number of hydrogen-bond acceptors (Lipinski definition) is 5. The van der Waals surface area contributed by atoms with E-state index < -0.39 is 0 Å². The molecule has 2 aromatic carbocycles. The van der Waals surface area contributed by atoms with E-state index in [9.17, 15) is 9.18 Å². The van der Waals surface area contributed by atoms with Gasteiger partial charge in [0.1, 0.15) is 17.3 Å². The monoisotopic (exact) mass is 484 g/mol. The summed E-state index contributed by atoms with van der Waals surface area (Å²) in [5, 5.41) is 0. The largest absolute Gasteiger partial charge is 0.341 e. The number of rotatable bonds is 7. The first-order chi connectivity index (χ1) is 17.6. The Morgan fingerprint density at radius 1 is 0.944 bits per heavy atom. The second-order valence-corrected chi connectivity index (χ2v) is 9.09. The van der Waals surface area contributed by atoms with Crippen molar-refractivity contribution < 1.29 is 9.18 Å². The number of anilines is 2. The van der Waals surface area contributed by atoms with Crippen LogP contribution in [0, 0.1) is 12.7 Å². The fourth-order valence-corrected chi connectivity index (χ4v) is 4.46. The van der Waals surface area contributed by atoms with Gasteiger partial charge in [0.2, 0.25) is 5.95 Å². The summed E-state index contributed by atoms with van der Waals surface area (Å²) in [5.41, 5.74) is 2.82. The van der Waals surface area contributed by atoms with E-state index >= 15 is 0 Å². The normalized spacial score (nSPS) is 13.6. The van der Waals surface area contributed by atoms with E-state index in [4.69, 9.17) is 0 Å². The van der Waals surface area contributed by atoms with Crippen LogP contribution in [0.15, 0.2) is 73.2 Å². The number of piperidine rings is 1. The molecular weight excluding hydrogens is 455 g/mol. The molecule has 0 aliphatic carbocycles. The molecule has 8 heteroatoms. The van der Waals surface area contributed by atoms with Gasteiger partial charge in [-0.05, 0) is 56.0 Å². The minimum Gasteiger partial charge on any atom is -0.341 e. The number of carbonyl (C=O) groups excluding carboxylic acids is 1. The van der Waals surface area contributed by atoms with Crippen molar-refractivity contribution in [1.82, 2.24) is 19.5 Å². The molecule has 1 saturated heterocycles. The maximum Gasteiger partial charge on any atom is 0.278 e. The quantitative estimate of drug-likeness (QED) is 0.369. The third-order valence-corrected chi connectivity index (χ3v) is 6.45. The molecule has 184 valence electrons. The smallest absolute Gasteiger partial charge is 0.278 e. The highest BCUT2D eigenvalue weighted by molar-refractivity contribution is 6.04. The van der Waals surface area contributed by atoms with Crippen LogP contribution in [-0.2, 0) is 13.1 Å². The standard InChI is InChI=1S/C28H29FN6O/c1-21-32-26(20-34(21)18-22-8-4-2-5-9-22)27(36)35(25-12-10-24(29)11-13-25)19-23-16-30-28(31-17-23)33-14-6-3-7-15-33/h2,4-5,8-13,16-17,20H,3,6-7,14-15,18-19H2,1H3. The van der Waals surface area contributed by atoms with Crippen LogP contribution >= 0.6 is 0 Å².